The van der Waals surface area contributed by atoms with Gasteiger partial charge in [-0.1, -0.05) is 121 Å². The number of thiazole rings is 1. The molecule has 1 aliphatic rings. The average molecular weight is 786 g/mol. The number of aryl methyl sites for hydroxylation is 1. The molecule has 0 aliphatic carbocycles. The zero-order valence-electron chi connectivity index (χ0n) is 29.2. The van der Waals surface area contributed by atoms with Crippen molar-refractivity contribution in [1.82, 2.24) is 0 Å². The van der Waals surface area contributed by atoms with Gasteiger partial charge in [-0.2, -0.15) is 21.4 Å². The van der Waals surface area contributed by atoms with Gasteiger partial charge in [-0.05, 0) is 71.0 Å². The molecule has 0 unspecified atom stereocenters. The largest absolute Gasteiger partial charge is 0.335 e. The average Bonchev–Trinajstić information content (AvgIpc) is 3.65. The van der Waals surface area contributed by atoms with Crippen LogP contribution in [0.15, 0.2) is 119 Å². The highest BCUT2D eigenvalue weighted by Gasteiger charge is 2.26. The van der Waals surface area contributed by atoms with E-state index in [1.165, 1.54) is 0 Å². The first-order chi connectivity index (χ1) is 25.4. The van der Waals surface area contributed by atoms with E-state index in [1.54, 1.807) is 23.1 Å². The van der Waals surface area contributed by atoms with Crippen molar-refractivity contribution in [3.63, 3.8) is 0 Å². The summed E-state index contributed by atoms with van der Waals surface area (Å²) in [6.07, 6.45) is 13.7. The van der Waals surface area contributed by atoms with E-state index in [0.29, 0.717) is 19.5 Å². The number of thioether (sulfide) groups is 1. The van der Waals surface area contributed by atoms with E-state index in [2.05, 4.69) is 77.1 Å². The Balaban J connectivity index is 1.34. The van der Waals surface area contributed by atoms with Gasteiger partial charge in [-0.3, -0.25) is 9.11 Å². The van der Waals surface area contributed by atoms with E-state index < -0.39 is 20.2 Å². The molecule has 53 heavy (non-hydrogen) atoms. The Morgan fingerprint density at radius 3 is 1.94 bits per heavy atom. The summed E-state index contributed by atoms with van der Waals surface area (Å²) in [6, 6.07) is 32.6. The molecule has 0 fully saturated rings. The molecule has 1 aromatic heterocycles. The topological polar surface area (TPSA) is 116 Å². The molecule has 2 N–H and O–H groups in total. The van der Waals surface area contributed by atoms with Crippen LogP contribution in [0.5, 0.6) is 0 Å². The van der Waals surface area contributed by atoms with E-state index in [9.17, 15) is 25.9 Å². The summed E-state index contributed by atoms with van der Waals surface area (Å²) in [7, 11) is -8.22. The fourth-order valence-corrected chi connectivity index (χ4v) is 9.43. The minimum absolute atomic E-state index is 0.252. The smallest absolute Gasteiger partial charge is 0.265 e. The highest BCUT2D eigenvalue weighted by Crippen LogP contribution is 2.47. The van der Waals surface area contributed by atoms with Crippen molar-refractivity contribution in [2.75, 3.05) is 23.0 Å². The summed E-state index contributed by atoms with van der Waals surface area (Å²) in [4.78, 5) is 3.16. The number of hydrogen-bond donors (Lipinski definition) is 2. The lowest BCUT2D eigenvalue weighted by Gasteiger charge is -2.20. The molecule has 2 heterocycles. The molecule has 6 rings (SSSR count). The quantitative estimate of drug-likeness (QED) is 0.0613. The lowest BCUT2D eigenvalue weighted by atomic mass is 10.1. The summed E-state index contributed by atoms with van der Waals surface area (Å²) >= 11 is 3.24. The Morgan fingerprint density at radius 1 is 0.736 bits per heavy atom. The molecule has 0 bridgehead atoms. The van der Waals surface area contributed by atoms with E-state index in [-0.39, 0.29) is 24.3 Å². The molecular weight excluding hydrogens is 745 g/mol. The minimum Gasteiger partial charge on any atom is -0.335 e. The van der Waals surface area contributed by atoms with Crippen molar-refractivity contribution in [3.8, 4) is 0 Å². The van der Waals surface area contributed by atoms with Crippen LogP contribution < -0.4 is 9.47 Å². The normalized spacial score (nSPS) is 14.7. The predicted molar refractivity (Wildman–Crippen MR) is 221 cm³/mol. The fourth-order valence-electron chi connectivity index (χ4n) is 6.01. The molecule has 0 radical (unpaired) electrons. The summed E-state index contributed by atoms with van der Waals surface area (Å²) < 4.78 is 68.4. The van der Waals surface area contributed by atoms with Crippen molar-refractivity contribution in [2.45, 2.75) is 37.6 Å². The van der Waals surface area contributed by atoms with E-state index in [4.69, 9.17) is 0 Å². The summed E-state index contributed by atoms with van der Waals surface area (Å²) in [5.74, 6) is -0.669. The predicted octanol–water partition coefficient (Wildman–Crippen LogP) is 9.33. The highest BCUT2D eigenvalue weighted by molar-refractivity contribution is 8.03. The summed E-state index contributed by atoms with van der Waals surface area (Å²) in [5, 5.41) is 1.89. The Kier molecular flexibility index (Phi) is 12.5. The van der Waals surface area contributed by atoms with Crippen molar-refractivity contribution in [2.24, 2.45) is 0 Å². The first kappa shape index (κ1) is 38.4. The maximum Gasteiger partial charge on any atom is 0.265 e. The molecule has 8 nitrogen and oxygen atoms in total. The number of allylic oxidation sites excluding steroid dienone is 2. The molecule has 1 aliphatic heterocycles. The van der Waals surface area contributed by atoms with Crippen LogP contribution in [0.2, 0.25) is 0 Å². The van der Waals surface area contributed by atoms with E-state index in [1.807, 2.05) is 72.8 Å². The van der Waals surface area contributed by atoms with Crippen LogP contribution in [0.25, 0.3) is 40.6 Å². The number of nitrogens with zero attached hydrogens (tertiary/aromatic N) is 2. The van der Waals surface area contributed by atoms with Crippen LogP contribution in [0.4, 0.5) is 5.69 Å². The van der Waals surface area contributed by atoms with Gasteiger partial charge in [-0.15, -0.1) is 0 Å². The molecule has 0 atom stereocenters. The molecule has 0 saturated carbocycles. The third-order valence-electron chi connectivity index (χ3n) is 8.64. The van der Waals surface area contributed by atoms with Crippen molar-refractivity contribution in [1.29, 1.82) is 0 Å². The van der Waals surface area contributed by atoms with Gasteiger partial charge in [0.05, 0.1) is 22.2 Å². The number of hydrogen-bond acceptors (Lipinski definition) is 7. The van der Waals surface area contributed by atoms with Gasteiger partial charge in [0.2, 0.25) is 5.52 Å². The van der Waals surface area contributed by atoms with Gasteiger partial charge >= 0.3 is 0 Å². The molecule has 0 saturated heterocycles. The second kappa shape index (κ2) is 17.2. The van der Waals surface area contributed by atoms with Gasteiger partial charge in [0.25, 0.3) is 25.2 Å². The number of benzene rings is 4. The van der Waals surface area contributed by atoms with Crippen LogP contribution in [-0.2, 0) is 26.8 Å². The second-order valence-electron chi connectivity index (χ2n) is 12.6. The summed E-state index contributed by atoms with van der Waals surface area (Å²) in [5.41, 5.74) is 7.26. The Morgan fingerprint density at radius 2 is 1.32 bits per heavy atom. The second-order valence-corrected chi connectivity index (χ2v) is 17.9. The van der Waals surface area contributed by atoms with E-state index in [0.717, 1.165) is 58.7 Å². The number of rotatable bonds is 15. The standard InChI is InChI=1S/C41H40N2O6S4/c1-2-31(29-40-42(23-9-25-52(44,45)46)36-21-19-34(27-38(36)50-40)17-15-32-11-5-3-6-12-32)30-41-43(24-10-26-53(47,48)49)37-22-20-35(28-39(37)51-41)18-16-33-13-7-4-8-14-33/h3-8,11-22,27-30H,2,9-10,23-26H2,1H3,(H-,44,45,46,47,48,49)/p+1. The monoisotopic (exact) mass is 785 g/mol. The van der Waals surface area contributed by atoms with Gasteiger partial charge in [-0.25, -0.2) is 0 Å². The highest BCUT2D eigenvalue weighted by atomic mass is 32.2. The van der Waals surface area contributed by atoms with Crippen LogP contribution in [-0.4, -0.2) is 44.0 Å². The van der Waals surface area contributed by atoms with Crippen LogP contribution in [0.1, 0.15) is 53.4 Å². The molecule has 0 spiro atoms. The molecule has 4 aromatic carbocycles. The number of anilines is 1. The molecule has 0 amide bonds. The first-order valence-electron chi connectivity index (χ1n) is 17.3. The molecule has 12 heteroatoms. The Bertz CT molecular complexity index is 2420. The zero-order valence-corrected chi connectivity index (χ0v) is 32.5. The molecule has 5 aromatic rings. The maximum absolute atomic E-state index is 11.6. The molecular formula is C41H41N2O6S4+. The van der Waals surface area contributed by atoms with Gasteiger partial charge in [0.15, 0.2) is 6.54 Å². The van der Waals surface area contributed by atoms with E-state index >= 15 is 0 Å². The van der Waals surface area contributed by atoms with Crippen molar-refractivity contribution < 1.29 is 30.5 Å². The van der Waals surface area contributed by atoms with Crippen LogP contribution >= 0.6 is 23.1 Å². The SMILES string of the molecule is CCC(=Cc1sc2cc(C=Cc3ccccc3)ccc2[n+]1CCCS(=O)(=O)O)C=C1Sc2cc(C=Cc3ccccc3)ccc2N1CCCS(=O)(=O)O. The Labute approximate surface area is 320 Å². The third kappa shape index (κ3) is 10.9. The fraction of sp³-hybridized carbons (Fsp3) is 0.195. The lowest BCUT2D eigenvalue weighted by Crippen LogP contribution is -2.36. The van der Waals surface area contributed by atoms with Crippen LogP contribution in [0, 0.1) is 0 Å². The summed E-state index contributed by atoms with van der Waals surface area (Å²) in [6.45, 7) is 2.88. The first-order valence-corrected chi connectivity index (χ1v) is 22.1. The van der Waals surface area contributed by atoms with Crippen LogP contribution in [0.3, 0.4) is 0 Å². The van der Waals surface area contributed by atoms with Crippen molar-refractivity contribution >= 4 is 89.6 Å². The van der Waals surface area contributed by atoms with Gasteiger partial charge < -0.3 is 4.90 Å². The third-order valence-corrected chi connectivity index (χ3v) is 12.4. The molecule has 274 valence electrons. The minimum atomic E-state index is -4.11. The maximum atomic E-state index is 11.6. The van der Waals surface area contributed by atoms with Gasteiger partial charge in [0.1, 0.15) is 4.70 Å². The number of aromatic nitrogens is 1. The lowest BCUT2D eigenvalue weighted by molar-refractivity contribution is -0.668. The van der Waals surface area contributed by atoms with Crippen molar-refractivity contribution in [3.05, 3.63) is 141 Å². The number of fused-ring (bicyclic) bond motifs is 2. The Hall–Kier alpha value is -4.30. The van der Waals surface area contributed by atoms with Gasteiger partial charge in [0, 0.05) is 30.0 Å². The zero-order chi connectivity index (χ0) is 37.4.